The van der Waals surface area contributed by atoms with Gasteiger partial charge < -0.3 is 16.0 Å². The number of hydrogen-bond acceptors (Lipinski definition) is 7. The summed E-state index contributed by atoms with van der Waals surface area (Å²) in [4.78, 5) is 26.2. The monoisotopic (exact) mass is 296 g/mol. The van der Waals surface area contributed by atoms with Crippen LogP contribution in [0.25, 0.3) is 0 Å². The van der Waals surface area contributed by atoms with Crippen LogP contribution in [-0.4, -0.2) is 46.7 Å². The summed E-state index contributed by atoms with van der Waals surface area (Å²) in [5, 5.41) is 2.90. The SMILES string of the molecule is CN(C)c1nc(N)nc(CSC2CCCCNC2=O)n1. The molecule has 3 N–H and O–H groups in total. The maximum Gasteiger partial charge on any atom is 0.233 e. The standard InChI is InChI=1S/C12H20N6OS/c1-18(2)12-16-9(15-11(13)17-12)7-20-8-5-3-4-6-14-10(8)19/h8H,3-7H2,1-2H3,(H,14,19)(H2,13,15,16,17). The number of nitrogen functional groups attached to an aromatic ring is 1. The third-order valence-electron chi connectivity index (χ3n) is 2.99. The zero-order chi connectivity index (χ0) is 14.5. The molecule has 1 aromatic heterocycles. The first-order valence-corrected chi connectivity index (χ1v) is 7.68. The molecule has 8 heteroatoms. The Bertz CT molecular complexity index is 481. The van der Waals surface area contributed by atoms with Gasteiger partial charge in [-0.2, -0.15) is 15.0 Å². The van der Waals surface area contributed by atoms with Gasteiger partial charge in [-0.05, 0) is 12.8 Å². The normalized spacial score (nSPS) is 19.3. The average molecular weight is 296 g/mol. The number of nitrogens with zero attached hydrogens (tertiary/aromatic N) is 4. The minimum atomic E-state index is -0.0294. The van der Waals surface area contributed by atoms with Crippen molar-refractivity contribution >= 4 is 29.6 Å². The van der Waals surface area contributed by atoms with E-state index in [1.807, 2.05) is 14.1 Å². The van der Waals surface area contributed by atoms with Gasteiger partial charge in [0.15, 0.2) is 0 Å². The number of carbonyl (C=O) groups excluding carboxylic acids is 1. The summed E-state index contributed by atoms with van der Waals surface area (Å²) in [6.07, 6.45) is 3.02. The zero-order valence-corrected chi connectivity index (χ0v) is 12.6. The minimum absolute atomic E-state index is 0.0294. The Balaban J connectivity index is 2.01. The van der Waals surface area contributed by atoms with Gasteiger partial charge in [-0.25, -0.2) is 0 Å². The Morgan fingerprint density at radius 3 is 2.90 bits per heavy atom. The van der Waals surface area contributed by atoms with E-state index in [2.05, 4.69) is 20.3 Å². The molecule has 110 valence electrons. The maximum atomic E-state index is 11.9. The number of nitrogens with one attached hydrogen (secondary N) is 1. The van der Waals surface area contributed by atoms with Crippen LogP contribution >= 0.6 is 11.8 Å². The number of rotatable bonds is 4. The van der Waals surface area contributed by atoms with E-state index in [-0.39, 0.29) is 17.1 Å². The molecule has 20 heavy (non-hydrogen) atoms. The molecule has 1 atom stereocenters. The van der Waals surface area contributed by atoms with Crippen molar-refractivity contribution in [1.29, 1.82) is 0 Å². The molecule has 0 bridgehead atoms. The molecule has 1 amide bonds. The van der Waals surface area contributed by atoms with E-state index in [1.165, 1.54) is 0 Å². The number of anilines is 2. The number of aromatic nitrogens is 3. The number of nitrogens with two attached hydrogens (primary N) is 1. The largest absolute Gasteiger partial charge is 0.368 e. The first-order chi connectivity index (χ1) is 9.56. The van der Waals surface area contributed by atoms with Crippen LogP contribution < -0.4 is 16.0 Å². The Labute approximate surface area is 122 Å². The molecule has 0 aliphatic carbocycles. The van der Waals surface area contributed by atoms with Crippen molar-refractivity contribution < 1.29 is 4.79 Å². The van der Waals surface area contributed by atoms with Gasteiger partial charge in [-0.1, -0.05) is 6.42 Å². The minimum Gasteiger partial charge on any atom is -0.368 e. The molecule has 2 rings (SSSR count). The van der Waals surface area contributed by atoms with E-state index >= 15 is 0 Å². The van der Waals surface area contributed by atoms with Crippen LogP contribution in [-0.2, 0) is 10.5 Å². The van der Waals surface area contributed by atoms with Gasteiger partial charge in [0.2, 0.25) is 17.8 Å². The third kappa shape index (κ3) is 3.96. The smallest absolute Gasteiger partial charge is 0.233 e. The molecule has 0 saturated carbocycles. The Morgan fingerprint density at radius 2 is 2.15 bits per heavy atom. The van der Waals surface area contributed by atoms with E-state index in [4.69, 9.17) is 5.73 Å². The summed E-state index contributed by atoms with van der Waals surface area (Å²) >= 11 is 1.56. The van der Waals surface area contributed by atoms with Crippen molar-refractivity contribution in [2.75, 3.05) is 31.3 Å². The van der Waals surface area contributed by atoms with Crippen LogP contribution in [0.2, 0.25) is 0 Å². The summed E-state index contributed by atoms with van der Waals surface area (Å²) in [5.41, 5.74) is 5.68. The predicted octanol–water partition coefficient (Wildman–Crippen LogP) is 0.422. The fraction of sp³-hybridized carbons (Fsp3) is 0.667. The van der Waals surface area contributed by atoms with Crippen LogP contribution in [0.1, 0.15) is 25.1 Å². The highest BCUT2D eigenvalue weighted by Crippen LogP contribution is 2.23. The highest BCUT2D eigenvalue weighted by molar-refractivity contribution is 7.99. The van der Waals surface area contributed by atoms with Crippen molar-refractivity contribution in [3.05, 3.63) is 5.82 Å². The van der Waals surface area contributed by atoms with Gasteiger partial charge in [0, 0.05) is 20.6 Å². The lowest BCUT2D eigenvalue weighted by atomic mass is 10.2. The Morgan fingerprint density at radius 1 is 1.35 bits per heavy atom. The molecule has 1 aliphatic heterocycles. The molecule has 7 nitrogen and oxygen atoms in total. The van der Waals surface area contributed by atoms with Gasteiger partial charge in [-0.15, -0.1) is 11.8 Å². The molecular weight excluding hydrogens is 276 g/mol. The van der Waals surface area contributed by atoms with E-state index in [9.17, 15) is 4.79 Å². The van der Waals surface area contributed by atoms with Crippen molar-refractivity contribution in [3.63, 3.8) is 0 Å². The second-order valence-electron chi connectivity index (χ2n) is 4.89. The van der Waals surface area contributed by atoms with E-state index in [0.717, 1.165) is 25.8 Å². The topological polar surface area (TPSA) is 97.0 Å². The summed E-state index contributed by atoms with van der Waals surface area (Å²) in [6, 6.07) is 0. The molecule has 0 spiro atoms. The third-order valence-corrected chi connectivity index (χ3v) is 4.26. The lowest BCUT2D eigenvalue weighted by molar-refractivity contribution is -0.120. The maximum absolute atomic E-state index is 11.9. The molecule has 0 aromatic carbocycles. The van der Waals surface area contributed by atoms with Gasteiger partial charge in [0.05, 0.1) is 11.0 Å². The lowest BCUT2D eigenvalue weighted by Crippen LogP contribution is -2.30. The van der Waals surface area contributed by atoms with Gasteiger partial charge in [-0.3, -0.25) is 4.79 Å². The summed E-state index contributed by atoms with van der Waals surface area (Å²) < 4.78 is 0. The second-order valence-corrected chi connectivity index (χ2v) is 6.08. The van der Waals surface area contributed by atoms with E-state index in [0.29, 0.717) is 17.5 Å². The second kappa shape index (κ2) is 6.74. The highest BCUT2D eigenvalue weighted by Gasteiger charge is 2.21. The fourth-order valence-electron chi connectivity index (χ4n) is 1.94. The molecule has 1 unspecified atom stereocenters. The lowest BCUT2D eigenvalue weighted by Gasteiger charge is -2.14. The van der Waals surface area contributed by atoms with Crippen LogP contribution in [0.15, 0.2) is 0 Å². The quantitative estimate of drug-likeness (QED) is 0.831. The predicted molar refractivity (Wildman–Crippen MR) is 80.5 cm³/mol. The highest BCUT2D eigenvalue weighted by atomic mass is 32.2. The van der Waals surface area contributed by atoms with Crippen molar-refractivity contribution in [3.8, 4) is 0 Å². The summed E-state index contributed by atoms with van der Waals surface area (Å²) in [7, 11) is 3.70. The molecule has 0 radical (unpaired) electrons. The molecule has 2 heterocycles. The van der Waals surface area contributed by atoms with Gasteiger partial charge >= 0.3 is 0 Å². The number of amides is 1. The van der Waals surface area contributed by atoms with Crippen molar-refractivity contribution in [2.24, 2.45) is 0 Å². The van der Waals surface area contributed by atoms with Crippen LogP contribution in [0.3, 0.4) is 0 Å². The first-order valence-electron chi connectivity index (χ1n) is 6.63. The molecule has 1 aromatic rings. The zero-order valence-electron chi connectivity index (χ0n) is 11.8. The number of carbonyl (C=O) groups is 1. The molecule has 1 saturated heterocycles. The van der Waals surface area contributed by atoms with E-state index < -0.39 is 0 Å². The molecule has 1 aliphatic rings. The fourth-order valence-corrected chi connectivity index (χ4v) is 2.98. The van der Waals surface area contributed by atoms with Crippen LogP contribution in [0.5, 0.6) is 0 Å². The first kappa shape index (κ1) is 14.8. The average Bonchev–Trinajstić information content (AvgIpc) is 2.60. The van der Waals surface area contributed by atoms with Crippen molar-refractivity contribution in [1.82, 2.24) is 20.3 Å². The Hall–Kier alpha value is -1.57. The van der Waals surface area contributed by atoms with E-state index in [1.54, 1.807) is 16.7 Å². The number of hydrogen-bond donors (Lipinski definition) is 2. The van der Waals surface area contributed by atoms with Gasteiger partial charge in [0.1, 0.15) is 5.82 Å². The van der Waals surface area contributed by atoms with Crippen LogP contribution in [0, 0.1) is 0 Å². The summed E-state index contributed by atoms with van der Waals surface area (Å²) in [5.74, 6) is 2.04. The number of thioether (sulfide) groups is 1. The van der Waals surface area contributed by atoms with Gasteiger partial charge in [0.25, 0.3) is 0 Å². The molecule has 1 fully saturated rings. The summed E-state index contributed by atoms with van der Waals surface area (Å²) in [6.45, 7) is 0.777. The Kier molecular flexibility index (Phi) is 4.99. The van der Waals surface area contributed by atoms with Crippen LogP contribution in [0.4, 0.5) is 11.9 Å². The van der Waals surface area contributed by atoms with Crippen molar-refractivity contribution in [2.45, 2.75) is 30.3 Å². The molecular formula is C12H20N6OS.